The molecule has 0 saturated heterocycles. The van der Waals surface area contributed by atoms with Crippen LogP contribution in [0.4, 0.5) is 11.4 Å². The summed E-state index contributed by atoms with van der Waals surface area (Å²) in [4.78, 5) is 0. The smallest absolute Gasteiger partial charge is 0.394 e. The topological polar surface area (TPSA) is 165 Å². The summed E-state index contributed by atoms with van der Waals surface area (Å²) in [6.07, 6.45) is 0. The Morgan fingerprint density at radius 2 is 1.84 bits per heavy atom. The molecule has 0 aliphatic heterocycles. The maximum atomic E-state index is 9.35. The Hall–Kier alpha value is -1.59. The highest BCUT2D eigenvalue weighted by molar-refractivity contribution is 7.79. The monoisotopic (exact) mass is 298 g/mol. The molecule has 0 bridgehead atoms. The van der Waals surface area contributed by atoms with Gasteiger partial charge in [-0.2, -0.15) is 8.42 Å². The molecule has 0 radical (unpaired) electrons. The maximum absolute atomic E-state index is 9.35. The van der Waals surface area contributed by atoms with Crippen LogP contribution in [0.2, 0.25) is 0 Å². The average Bonchev–Trinajstić information content (AvgIpc) is 2.25. The zero-order valence-electron chi connectivity index (χ0n) is 10.4. The number of nitrogen functional groups attached to an aromatic ring is 1. The molecule has 9 nitrogen and oxygen atoms in total. The second-order valence-corrected chi connectivity index (χ2v) is 3.99. The van der Waals surface area contributed by atoms with Crippen LogP contribution in [0.25, 0.3) is 0 Å². The van der Waals surface area contributed by atoms with Crippen LogP contribution in [-0.4, -0.2) is 41.9 Å². The number of nitrogens with two attached hydrogens (primary N) is 1. The van der Waals surface area contributed by atoms with E-state index in [0.717, 1.165) is 5.06 Å². The molecule has 0 saturated carbocycles. The zero-order valence-corrected chi connectivity index (χ0v) is 11.3. The van der Waals surface area contributed by atoms with Gasteiger partial charge in [0, 0.05) is 6.54 Å². The molecule has 0 aliphatic rings. The Labute approximate surface area is 111 Å². The first kappa shape index (κ1) is 19.7. The summed E-state index contributed by atoms with van der Waals surface area (Å²) in [5.41, 5.74) is 6.85. The van der Waals surface area contributed by atoms with Crippen LogP contribution < -0.4 is 15.5 Å². The molecular formula is C9H18N2O7S. The van der Waals surface area contributed by atoms with Gasteiger partial charge < -0.3 is 15.9 Å². The van der Waals surface area contributed by atoms with E-state index in [0.29, 0.717) is 23.7 Å². The van der Waals surface area contributed by atoms with E-state index in [9.17, 15) is 5.21 Å². The van der Waals surface area contributed by atoms with E-state index in [2.05, 4.69) is 0 Å². The first-order valence-corrected chi connectivity index (χ1v) is 6.18. The Bertz CT molecular complexity index is 469. The van der Waals surface area contributed by atoms with Crippen LogP contribution in [0.1, 0.15) is 6.92 Å². The molecule has 0 aliphatic carbocycles. The van der Waals surface area contributed by atoms with Crippen LogP contribution in [-0.2, 0) is 10.4 Å². The lowest BCUT2D eigenvalue weighted by molar-refractivity contribution is 0.260. The number of anilines is 2. The molecule has 1 rings (SSSR count). The van der Waals surface area contributed by atoms with Crippen molar-refractivity contribution in [3.63, 3.8) is 0 Å². The van der Waals surface area contributed by atoms with Crippen molar-refractivity contribution >= 4 is 21.8 Å². The summed E-state index contributed by atoms with van der Waals surface area (Å²) in [6.45, 7) is 2.37. The van der Waals surface area contributed by atoms with E-state index in [1.54, 1.807) is 25.3 Å². The number of nitrogens with zero attached hydrogens (tertiary/aromatic N) is 1. The maximum Gasteiger partial charge on any atom is 0.394 e. The van der Waals surface area contributed by atoms with Gasteiger partial charge in [0.1, 0.15) is 5.75 Å². The third-order valence-corrected chi connectivity index (χ3v) is 1.81. The third-order valence-electron chi connectivity index (χ3n) is 1.81. The summed E-state index contributed by atoms with van der Waals surface area (Å²) in [7, 11) is -3.11. The number of benzene rings is 1. The minimum atomic E-state index is -4.67. The van der Waals surface area contributed by atoms with Gasteiger partial charge in [0.2, 0.25) is 0 Å². The normalized spacial score (nSPS) is 9.74. The minimum Gasteiger partial charge on any atom is -0.495 e. The molecule has 0 fully saturated rings. The Kier molecular flexibility index (Phi) is 8.83. The first-order chi connectivity index (χ1) is 8.19. The molecule has 7 N–H and O–H groups in total. The molecule has 0 amide bonds. The van der Waals surface area contributed by atoms with Gasteiger partial charge in [0.15, 0.2) is 0 Å². The molecule has 0 unspecified atom stereocenters. The van der Waals surface area contributed by atoms with Crippen molar-refractivity contribution in [1.82, 2.24) is 0 Å². The Morgan fingerprint density at radius 1 is 1.37 bits per heavy atom. The van der Waals surface area contributed by atoms with Crippen molar-refractivity contribution in [3.8, 4) is 5.75 Å². The van der Waals surface area contributed by atoms with Gasteiger partial charge in [-0.25, -0.2) is 0 Å². The van der Waals surface area contributed by atoms with E-state index >= 15 is 0 Å². The van der Waals surface area contributed by atoms with Crippen LogP contribution in [0.5, 0.6) is 5.75 Å². The number of hydrogen-bond donors (Lipinski definition) is 4. The van der Waals surface area contributed by atoms with Crippen molar-refractivity contribution < 1.29 is 32.9 Å². The number of rotatable bonds is 3. The van der Waals surface area contributed by atoms with Crippen LogP contribution in [0.3, 0.4) is 0 Å². The number of hydrogen-bond acceptors (Lipinski definition) is 6. The number of ether oxygens (including phenoxy) is 1. The van der Waals surface area contributed by atoms with Gasteiger partial charge in [-0.1, -0.05) is 0 Å². The summed E-state index contributed by atoms with van der Waals surface area (Å²) < 4.78 is 36.6. The van der Waals surface area contributed by atoms with Crippen molar-refractivity contribution in [1.29, 1.82) is 0 Å². The Morgan fingerprint density at radius 3 is 2.16 bits per heavy atom. The third kappa shape index (κ3) is 9.04. The van der Waals surface area contributed by atoms with Crippen molar-refractivity contribution in [2.24, 2.45) is 0 Å². The van der Waals surface area contributed by atoms with Gasteiger partial charge in [-0.15, -0.1) is 0 Å². The highest BCUT2D eigenvalue weighted by atomic mass is 32.3. The van der Waals surface area contributed by atoms with Gasteiger partial charge in [0.05, 0.1) is 18.5 Å². The molecular weight excluding hydrogens is 280 g/mol. The van der Waals surface area contributed by atoms with Gasteiger partial charge >= 0.3 is 10.4 Å². The summed E-state index contributed by atoms with van der Waals surface area (Å²) in [6, 6.07) is 5.14. The fourth-order valence-electron chi connectivity index (χ4n) is 1.06. The molecule has 0 atom stereocenters. The molecule has 0 spiro atoms. The lowest BCUT2D eigenvalue weighted by Crippen LogP contribution is -2.16. The minimum absolute atomic E-state index is 0. The van der Waals surface area contributed by atoms with Crippen LogP contribution in [0.15, 0.2) is 18.2 Å². The quantitative estimate of drug-likeness (QED) is 0.344. The lowest BCUT2D eigenvalue weighted by atomic mass is 10.2. The van der Waals surface area contributed by atoms with E-state index in [1.807, 2.05) is 6.92 Å². The van der Waals surface area contributed by atoms with Crippen LogP contribution >= 0.6 is 0 Å². The average molecular weight is 298 g/mol. The fraction of sp³-hybridized carbons (Fsp3) is 0.333. The molecule has 1 aromatic rings. The molecule has 0 aromatic heterocycles. The lowest BCUT2D eigenvalue weighted by Gasteiger charge is -2.15. The van der Waals surface area contributed by atoms with Crippen molar-refractivity contribution in [3.05, 3.63) is 18.2 Å². The predicted molar refractivity (Wildman–Crippen MR) is 70.0 cm³/mol. The fourth-order valence-corrected chi connectivity index (χ4v) is 1.06. The highest BCUT2D eigenvalue weighted by Gasteiger charge is 2.03. The van der Waals surface area contributed by atoms with E-state index in [-0.39, 0.29) is 5.48 Å². The van der Waals surface area contributed by atoms with Gasteiger partial charge in [0.25, 0.3) is 0 Å². The Balaban J connectivity index is 0. The van der Waals surface area contributed by atoms with Gasteiger partial charge in [-0.3, -0.25) is 19.4 Å². The molecule has 112 valence electrons. The van der Waals surface area contributed by atoms with E-state index in [1.165, 1.54) is 0 Å². The van der Waals surface area contributed by atoms with Gasteiger partial charge in [-0.05, 0) is 25.1 Å². The van der Waals surface area contributed by atoms with Crippen LogP contribution in [0, 0.1) is 0 Å². The van der Waals surface area contributed by atoms with Crippen molar-refractivity contribution in [2.75, 3.05) is 24.5 Å². The largest absolute Gasteiger partial charge is 0.495 e. The zero-order chi connectivity index (χ0) is 14.3. The molecule has 1 aromatic carbocycles. The first-order valence-electron chi connectivity index (χ1n) is 4.78. The number of hydroxylamine groups is 1. The summed E-state index contributed by atoms with van der Waals surface area (Å²) in [5, 5.41) is 10.5. The van der Waals surface area contributed by atoms with Crippen molar-refractivity contribution in [2.45, 2.75) is 6.92 Å². The standard InChI is InChI=1S/C9H14N2O2.H2O4S.H2O/c1-3-11(12)7-4-5-9(13-2)8(10)6-7;1-5(2,3)4;/h4-6,12H,3,10H2,1-2H3;(H2,1,2,3,4);1H2. The molecule has 0 heterocycles. The SMILES string of the molecule is CCN(O)c1ccc(OC)c(N)c1.O.O=S(=O)(O)O. The second-order valence-electron chi connectivity index (χ2n) is 3.09. The van der Waals surface area contributed by atoms with E-state index < -0.39 is 10.4 Å². The van der Waals surface area contributed by atoms with E-state index in [4.69, 9.17) is 28.0 Å². The predicted octanol–water partition coefficient (Wildman–Crippen LogP) is 0.0154. The summed E-state index contributed by atoms with van der Waals surface area (Å²) >= 11 is 0. The number of methoxy groups -OCH3 is 1. The second kappa shape index (κ2) is 8.50. The molecule has 19 heavy (non-hydrogen) atoms. The molecule has 10 heteroatoms. The summed E-state index contributed by atoms with van der Waals surface area (Å²) in [5.74, 6) is 0.619. The highest BCUT2D eigenvalue weighted by Crippen LogP contribution is 2.25.